The zero-order valence-electron chi connectivity index (χ0n) is 21.6. The van der Waals surface area contributed by atoms with E-state index in [-0.39, 0.29) is 44.7 Å². The van der Waals surface area contributed by atoms with E-state index in [1.165, 1.54) is 30.5 Å². The van der Waals surface area contributed by atoms with Crippen LogP contribution >= 0.6 is 11.6 Å². The number of amides is 1. The van der Waals surface area contributed by atoms with Gasteiger partial charge in [-0.25, -0.2) is 14.7 Å². The van der Waals surface area contributed by atoms with Gasteiger partial charge in [0.2, 0.25) is 11.9 Å². The van der Waals surface area contributed by atoms with Crippen molar-refractivity contribution in [1.29, 1.82) is 0 Å². The van der Waals surface area contributed by atoms with E-state index in [0.29, 0.717) is 10.7 Å². The van der Waals surface area contributed by atoms with E-state index in [1.54, 1.807) is 12.1 Å². The van der Waals surface area contributed by atoms with Gasteiger partial charge in [0.1, 0.15) is 6.04 Å². The molecular formula is C25H33ClN6O5S. The summed E-state index contributed by atoms with van der Waals surface area (Å²) in [6.45, 7) is 2.27. The number of hydrazone groups is 1. The van der Waals surface area contributed by atoms with Crippen LogP contribution in [0.3, 0.4) is 0 Å². The Bertz CT molecular complexity index is 1230. The summed E-state index contributed by atoms with van der Waals surface area (Å²) in [4.78, 5) is 16.2. The highest BCUT2D eigenvalue weighted by molar-refractivity contribution is 7.87. The lowest BCUT2D eigenvalue weighted by Gasteiger charge is -2.25. The molecule has 11 nitrogen and oxygen atoms in total. The molecule has 0 aromatic heterocycles. The molecule has 206 valence electrons. The minimum Gasteiger partial charge on any atom is -0.383 e. The number of benzene rings is 2. The van der Waals surface area contributed by atoms with Crippen LogP contribution in [0.1, 0.15) is 24.0 Å². The van der Waals surface area contributed by atoms with Crippen molar-refractivity contribution in [2.75, 3.05) is 47.1 Å². The average Bonchev–Trinajstić information content (AvgIpc) is 3.34. The van der Waals surface area contributed by atoms with Crippen LogP contribution in [0.25, 0.3) is 0 Å². The first-order valence-electron chi connectivity index (χ1n) is 12.0. The standard InChI is InChI=1S/C25H33ClN6O5S/c1-18(24(27)33)28-25(30-38(34,35)31(13-15-36-2)14-16-37-3)32-17-22(19-7-5-4-6-8-19)23(29-32)20-9-11-21(26)12-10-20/h4-12,18,22H,13-17H2,1-3H3,(H2,27,33)(H,28,30). The lowest BCUT2D eigenvalue weighted by molar-refractivity contribution is -0.118. The van der Waals surface area contributed by atoms with Crippen molar-refractivity contribution in [2.45, 2.75) is 18.9 Å². The molecule has 1 heterocycles. The van der Waals surface area contributed by atoms with Crippen molar-refractivity contribution in [2.24, 2.45) is 15.8 Å². The highest BCUT2D eigenvalue weighted by Gasteiger charge is 2.34. The number of nitrogens with zero attached hydrogens (tertiary/aromatic N) is 4. The van der Waals surface area contributed by atoms with Gasteiger partial charge < -0.3 is 15.2 Å². The molecule has 0 fully saturated rings. The number of carbonyl (C=O) groups is 1. The van der Waals surface area contributed by atoms with Crippen LogP contribution in [-0.2, 0) is 24.5 Å². The van der Waals surface area contributed by atoms with E-state index >= 15 is 0 Å². The molecule has 0 radical (unpaired) electrons. The Morgan fingerprint density at radius 1 is 1.16 bits per heavy atom. The number of carbonyl (C=O) groups excluding carboxylic acids is 1. The number of hydrogen-bond donors (Lipinski definition) is 2. The summed E-state index contributed by atoms with van der Waals surface area (Å²) in [5, 5.41) is 6.78. The Balaban J connectivity index is 2.03. The van der Waals surface area contributed by atoms with Gasteiger partial charge in [-0.15, -0.1) is 0 Å². The second-order valence-electron chi connectivity index (χ2n) is 8.56. The monoisotopic (exact) mass is 564 g/mol. The number of nitrogens with one attached hydrogen (secondary N) is 1. The molecule has 13 heteroatoms. The summed E-state index contributed by atoms with van der Waals surface area (Å²) in [6.07, 6.45) is 0. The van der Waals surface area contributed by atoms with Crippen LogP contribution in [-0.4, -0.2) is 88.4 Å². The van der Waals surface area contributed by atoms with Gasteiger partial charge in [0, 0.05) is 38.2 Å². The van der Waals surface area contributed by atoms with Crippen LogP contribution in [0.5, 0.6) is 0 Å². The molecule has 3 rings (SSSR count). The number of nitrogens with two attached hydrogens (primary N) is 1. The number of rotatable bonds is 12. The van der Waals surface area contributed by atoms with Crippen molar-refractivity contribution < 1.29 is 22.7 Å². The Kier molecular flexibility index (Phi) is 10.6. The first-order valence-corrected chi connectivity index (χ1v) is 13.8. The maximum atomic E-state index is 13.4. The third-order valence-electron chi connectivity index (χ3n) is 5.88. The lowest BCUT2D eigenvalue weighted by atomic mass is 9.91. The molecule has 2 aromatic carbocycles. The van der Waals surface area contributed by atoms with Crippen molar-refractivity contribution in [3.8, 4) is 0 Å². The van der Waals surface area contributed by atoms with E-state index in [1.807, 2.05) is 42.5 Å². The second-order valence-corrected chi connectivity index (χ2v) is 10.7. The van der Waals surface area contributed by atoms with Gasteiger partial charge in [-0.1, -0.05) is 54.1 Å². The first kappa shape index (κ1) is 29.5. The molecule has 2 atom stereocenters. The van der Waals surface area contributed by atoms with E-state index in [9.17, 15) is 13.2 Å². The molecule has 3 N–H and O–H groups in total. The van der Waals surface area contributed by atoms with E-state index < -0.39 is 22.2 Å². The number of hydrogen-bond acceptors (Lipinski definition) is 7. The van der Waals surface area contributed by atoms with Gasteiger partial charge in [0.25, 0.3) is 0 Å². The topological polar surface area (TPSA) is 139 Å². The molecule has 0 bridgehead atoms. The van der Waals surface area contributed by atoms with Gasteiger partial charge in [-0.05, 0) is 30.2 Å². The zero-order chi connectivity index (χ0) is 27.7. The fourth-order valence-corrected chi connectivity index (χ4v) is 5.05. The summed E-state index contributed by atoms with van der Waals surface area (Å²) >= 11 is 6.10. The minimum atomic E-state index is -4.13. The SMILES string of the molecule is COCCN(CCOC)S(=O)(=O)NC(=NC(C)C(N)=O)N1CC(c2ccccc2)C(c2ccc(Cl)cc2)=N1. The highest BCUT2D eigenvalue weighted by Crippen LogP contribution is 2.29. The molecule has 0 saturated carbocycles. The molecule has 1 aliphatic heterocycles. The van der Waals surface area contributed by atoms with Gasteiger partial charge in [0.05, 0.1) is 25.5 Å². The third-order valence-corrected chi connectivity index (χ3v) is 7.62. The van der Waals surface area contributed by atoms with Gasteiger partial charge in [-0.3, -0.25) is 4.79 Å². The predicted molar refractivity (Wildman–Crippen MR) is 147 cm³/mol. The van der Waals surface area contributed by atoms with Gasteiger partial charge in [0.15, 0.2) is 0 Å². The van der Waals surface area contributed by atoms with Crippen LogP contribution in [0, 0.1) is 0 Å². The number of ether oxygens (including phenoxy) is 2. The van der Waals surface area contributed by atoms with E-state index in [0.717, 1.165) is 11.1 Å². The summed E-state index contributed by atoms with van der Waals surface area (Å²) in [6, 6.07) is 15.9. The molecule has 38 heavy (non-hydrogen) atoms. The zero-order valence-corrected chi connectivity index (χ0v) is 23.2. The minimum absolute atomic E-state index is 0.0831. The third kappa shape index (κ3) is 7.74. The summed E-state index contributed by atoms with van der Waals surface area (Å²) in [5.41, 5.74) is 7.95. The summed E-state index contributed by atoms with van der Waals surface area (Å²) in [5.74, 6) is -1.05. The molecular weight excluding hydrogens is 532 g/mol. The fourth-order valence-electron chi connectivity index (χ4n) is 3.77. The van der Waals surface area contributed by atoms with Crippen molar-refractivity contribution in [3.05, 3.63) is 70.7 Å². The number of primary amides is 1. The first-order chi connectivity index (χ1) is 18.2. The number of methoxy groups -OCH3 is 2. The largest absolute Gasteiger partial charge is 0.383 e. The van der Waals surface area contributed by atoms with Crippen LogP contribution < -0.4 is 10.5 Å². The molecule has 0 saturated heterocycles. The maximum absolute atomic E-state index is 13.4. The fraction of sp³-hybridized carbons (Fsp3) is 0.400. The van der Waals surface area contributed by atoms with Crippen molar-refractivity contribution in [1.82, 2.24) is 14.0 Å². The van der Waals surface area contributed by atoms with Crippen molar-refractivity contribution >= 4 is 39.4 Å². The quantitative estimate of drug-likeness (QED) is 0.298. The molecule has 2 aromatic rings. The Morgan fingerprint density at radius 3 is 2.32 bits per heavy atom. The summed E-state index contributed by atoms with van der Waals surface area (Å²) in [7, 11) is -1.17. The molecule has 0 aliphatic carbocycles. The second kappa shape index (κ2) is 13.7. The average molecular weight is 565 g/mol. The smallest absolute Gasteiger partial charge is 0.304 e. The Morgan fingerprint density at radius 2 is 1.76 bits per heavy atom. The summed E-state index contributed by atoms with van der Waals surface area (Å²) < 4.78 is 40.7. The van der Waals surface area contributed by atoms with E-state index in [4.69, 9.17) is 31.9 Å². The molecule has 2 unspecified atom stereocenters. The van der Waals surface area contributed by atoms with E-state index in [2.05, 4.69) is 9.71 Å². The Labute approximate surface area is 228 Å². The van der Waals surface area contributed by atoms with Crippen molar-refractivity contribution in [3.63, 3.8) is 0 Å². The molecule has 1 aliphatic rings. The Hall–Kier alpha value is -3.03. The maximum Gasteiger partial charge on any atom is 0.304 e. The predicted octanol–water partition coefficient (Wildman–Crippen LogP) is 1.80. The molecule has 1 amide bonds. The number of guanidine groups is 1. The number of halogens is 1. The van der Waals surface area contributed by atoms with Crippen LogP contribution in [0.2, 0.25) is 5.02 Å². The van der Waals surface area contributed by atoms with Crippen LogP contribution in [0.15, 0.2) is 64.7 Å². The normalized spacial score (nSPS) is 17.0. The molecule has 0 spiro atoms. The number of aliphatic imine (C=N–C) groups is 1. The van der Waals surface area contributed by atoms with Gasteiger partial charge in [-0.2, -0.15) is 17.8 Å². The van der Waals surface area contributed by atoms with Gasteiger partial charge >= 0.3 is 10.2 Å². The lowest BCUT2D eigenvalue weighted by Crippen LogP contribution is -2.50. The highest BCUT2D eigenvalue weighted by atomic mass is 35.5. The van der Waals surface area contributed by atoms with Crippen LogP contribution in [0.4, 0.5) is 0 Å².